The number of hydrogen-bond acceptors (Lipinski definition) is 2. The first-order valence-electron chi connectivity index (χ1n) is 4.06. The number of benzene rings is 1. The van der Waals surface area contributed by atoms with Gasteiger partial charge in [-0.15, -0.1) is 12.4 Å². The molecule has 0 unspecified atom stereocenters. The lowest BCUT2D eigenvalue weighted by atomic mass is 10.1. The number of nitriles is 1. The molecule has 1 aliphatic heterocycles. The first-order chi connectivity index (χ1) is 5.83. The molecule has 1 aromatic rings. The van der Waals surface area contributed by atoms with Gasteiger partial charge in [-0.1, -0.05) is 6.07 Å². The van der Waals surface area contributed by atoms with Crippen molar-refractivity contribution in [2.24, 2.45) is 0 Å². The zero-order valence-electron chi connectivity index (χ0n) is 7.45. The Kier molecular flexibility index (Phi) is 2.79. The maximum Gasteiger partial charge on any atom is 0.0995 e. The van der Waals surface area contributed by atoms with Gasteiger partial charge >= 0.3 is 0 Å². The van der Waals surface area contributed by atoms with E-state index >= 15 is 0 Å². The molecule has 0 N–H and O–H groups in total. The molecular weight excluding hydrogens is 184 g/mol. The highest BCUT2D eigenvalue weighted by Gasteiger charge is 2.17. The van der Waals surface area contributed by atoms with Crippen LogP contribution in [0.25, 0.3) is 0 Å². The van der Waals surface area contributed by atoms with Crippen LogP contribution in [0, 0.1) is 11.3 Å². The maximum absolute atomic E-state index is 8.82. The summed E-state index contributed by atoms with van der Waals surface area (Å²) < 4.78 is 0. The Bertz CT molecular complexity index is 354. The van der Waals surface area contributed by atoms with Gasteiger partial charge in [0.1, 0.15) is 0 Å². The summed E-state index contributed by atoms with van der Waals surface area (Å²) >= 11 is 0. The minimum absolute atomic E-state index is 0. The Hall–Kier alpha value is -1.20. The summed E-state index contributed by atoms with van der Waals surface area (Å²) in [5.74, 6) is 0. The fourth-order valence-electron chi connectivity index (χ4n) is 1.70. The lowest BCUT2D eigenvalue weighted by molar-refractivity contribution is 0.955. The molecule has 1 aliphatic rings. The predicted octanol–water partition coefficient (Wildman–Crippen LogP) is 1.97. The summed E-state index contributed by atoms with van der Waals surface area (Å²) in [7, 11) is 2.06. The van der Waals surface area contributed by atoms with Crippen molar-refractivity contribution in [2.75, 3.05) is 18.5 Å². The Balaban J connectivity index is 0.000000845. The van der Waals surface area contributed by atoms with Gasteiger partial charge in [0, 0.05) is 19.3 Å². The number of hydrogen-bond donors (Lipinski definition) is 0. The van der Waals surface area contributed by atoms with Crippen LogP contribution in [0.5, 0.6) is 0 Å². The SMILES string of the molecule is CN1CCc2c(C#N)cccc21.Cl. The fraction of sp³-hybridized carbons (Fsp3) is 0.300. The van der Waals surface area contributed by atoms with Crippen LogP contribution in [0.1, 0.15) is 11.1 Å². The zero-order valence-corrected chi connectivity index (χ0v) is 8.27. The van der Waals surface area contributed by atoms with Crippen molar-refractivity contribution in [1.82, 2.24) is 0 Å². The second-order valence-electron chi connectivity index (χ2n) is 3.09. The third kappa shape index (κ3) is 1.48. The highest BCUT2D eigenvalue weighted by Crippen LogP contribution is 2.28. The molecule has 68 valence electrons. The maximum atomic E-state index is 8.82. The molecule has 0 aromatic heterocycles. The number of fused-ring (bicyclic) bond motifs is 1. The minimum Gasteiger partial charge on any atom is -0.374 e. The topological polar surface area (TPSA) is 27.0 Å². The number of likely N-dealkylation sites (N-methyl/N-ethyl adjacent to an activating group) is 1. The molecule has 2 rings (SSSR count). The molecular formula is C10H11ClN2. The number of rotatable bonds is 0. The molecule has 0 aliphatic carbocycles. The standard InChI is InChI=1S/C10H10N2.ClH/c1-12-6-5-9-8(7-11)3-2-4-10(9)12;/h2-4H,5-6H2,1H3;1H. The molecule has 0 spiro atoms. The lowest BCUT2D eigenvalue weighted by Gasteiger charge is -2.10. The van der Waals surface area contributed by atoms with Gasteiger partial charge in [-0.25, -0.2) is 0 Å². The van der Waals surface area contributed by atoms with Crippen molar-refractivity contribution in [2.45, 2.75) is 6.42 Å². The minimum atomic E-state index is 0. The quantitative estimate of drug-likeness (QED) is 0.632. The van der Waals surface area contributed by atoms with E-state index in [9.17, 15) is 0 Å². The van der Waals surface area contributed by atoms with E-state index in [0.717, 1.165) is 18.5 Å². The molecule has 2 nitrogen and oxygen atoms in total. The summed E-state index contributed by atoms with van der Waals surface area (Å²) in [6.07, 6.45) is 1.01. The smallest absolute Gasteiger partial charge is 0.0995 e. The largest absolute Gasteiger partial charge is 0.374 e. The van der Waals surface area contributed by atoms with Crippen LogP contribution < -0.4 is 4.90 Å². The van der Waals surface area contributed by atoms with Gasteiger partial charge in [-0.3, -0.25) is 0 Å². The van der Waals surface area contributed by atoms with Gasteiger partial charge in [0.05, 0.1) is 11.6 Å². The summed E-state index contributed by atoms with van der Waals surface area (Å²) in [6.45, 7) is 1.04. The fourth-order valence-corrected chi connectivity index (χ4v) is 1.70. The predicted molar refractivity (Wildman–Crippen MR) is 55.4 cm³/mol. The van der Waals surface area contributed by atoms with Crippen LogP contribution in [0.3, 0.4) is 0 Å². The Morgan fingerprint density at radius 2 is 2.23 bits per heavy atom. The number of anilines is 1. The van der Waals surface area contributed by atoms with Crippen LogP contribution >= 0.6 is 12.4 Å². The number of nitrogens with zero attached hydrogens (tertiary/aromatic N) is 2. The van der Waals surface area contributed by atoms with Crippen LogP contribution in [-0.4, -0.2) is 13.6 Å². The van der Waals surface area contributed by atoms with E-state index in [1.807, 2.05) is 12.1 Å². The second-order valence-corrected chi connectivity index (χ2v) is 3.09. The van der Waals surface area contributed by atoms with E-state index in [2.05, 4.69) is 24.1 Å². The summed E-state index contributed by atoms with van der Waals surface area (Å²) in [4.78, 5) is 2.19. The molecule has 1 heterocycles. The molecule has 0 atom stereocenters. The molecule has 0 fully saturated rings. The van der Waals surface area contributed by atoms with Crippen LogP contribution in [0.2, 0.25) is 0 Å². The van der Waals surface area contributed by atoms with Crippen LogP contribution in [0.15, 0.2) is 18.2 Å². The highest BCUT2D eigenvalue weighted by molar-refractivity contribution is 5.85. The lowest BCUT2D eigenvalue weighted by Crippen LogP contribution is -2.12. The van der Waals surface area contributed by atoms with E-state index in [1.54, 1.807) is 0 Å². The molecule has 0 saturated carbocycles. The monoisotopic (exact) mass is 194 g/mol. The van der Waals surface area contributed by atoms with E-state index in [0.29, 0.717) is 0 Å². The Morgan fingerprint density at radius 3 is 2.92 bits per heavy atom. The third-order valence-electron chi connectivity index (χ3n) is 2.38. The molecule has 0 radical (unpaired) electrons. The van der Waals surface area contributed by atoms with Crippen LogP contribution in [0.4, 0.5) is 5.69 Å². The summed E-state index contributed by atoms with van der Waals surface area (Å²) in [5, 5.41) is 8.82. The van der Waals surface area contributed by atoms with E-state index < -0.39 is 0 Å². The normalized spacial score (nSPS) is 13.1. The molecule has 1 aromatic carbocycles. The van der Waals surface area contributed by atoms with Crippen molar-refractivity contribution < 1.29 is 0 Å². The van der Waals surface area contributed by atoms with E-state index in [-0.39, 0.29) is 12.4 Å². The molecule has 0 saturated heterocycles. The average Bonchev–Trinajstić information content (AvgIpc) is 2.48. The first-order valence-corrected chi connectivity index (χ1v) is 4.06. The highest BCUT2D eigenvalue weighted by atomic mass is 35.5. The van der Waals surface area contributed by atoms with Crippen LogP contribution in [-0.2, 0) is 6.42 Å². The number of halogens is 1. The van der Waals surface area contributed by atoms with E-state index in [4.69, 9.17) is 5.26 Å². The van der Waals surface area contributed by atoms with Crippen molar-refractivity contribution in [1.29, 1.82) is 5.26 Å². The first kappa shape index (κ1) is 9.88. The Morgan fingerprint density at radius 1 is 1.46 bits per heavy atom. The summed E-state index contributed by atoms with van der Waals surface area (Å²) in [6, 6.07) is 8.12. The zero-order chi connectivity index (χ0) is 8.55. The van der Waals surface area contributed by atoms with Gasteiger partial charge in [-0.2, -0.15) is 5.26 Å². The molecule has 0 amide bonds. The third-order valence-corrected chi connectivity index (χ3v) is 2.38. The average molecular weight is 195 g/mol. The molecule has 13 heavy (non-hydrogen) atoms. The van der Waals surface area contributed by atoms with Gasteiger partial charge in [0.2, 0.25) is 0 Å². The van der Waals surface area contributed by atoms with Gasteiger partial charge < -0.3 is 4.90 Å². The van der Waals surface area contributed by atoms with Crippen molar-refractivity contribution >= 4 is 18.1 Å². The second kappa shape index (κ2) is 3.68. The van der Waals surface area contributed by atoms with Gasteiger partial charge in [-0.05, 0) is 24.1 Å². The van der Waals surface area contributed by atoms with Gasteiger partial charge in [0.15, 0.2) is 0 Å². The van der Waals surface area contributed by atoms with Crippen molar-refractivity contribution in [3.05, 3.63) is 29.3 Å². The van der Waals surface area contributed by atoms with E-state index in [1.165, 1.54) is 11.3 Å². The summed E-state index contributed by atoms with van der Waals surface area (Å²) in [5.41, 5.74) is 3.26. The molecule has 3 heteroatoms. The van der Waals surface area contributed by atoms with Gasteiger partial charge in [0.25, 0.3) is 0 Å². The van der Waals surface area contributed by atoms with Crippen molar-refractivity contribution in [3.63, 3.8) is 0 Å². The Labute approximate surface area is 84.2 Å². The van der Waals surface area contributed by atoms with Crippen molar-refractivity contribution in [3.8, 4) is 6.07 Å². The molecule has 0 bridgehead atoms.